The van der Waals surface area contributed by atoms with Crippen LogP contribution in [0.4, 0.5) is 4.39 Å². The third-order valence-corrected chi connectivity index (χ3v) is 8.04. The summed E-state index contributed by atoms with van der Waals surface area (Å²) in [6, 6.07) is 5.49. The summed E-state index contributed by atoms with van der Waals surface area (Å²) in [5.41, 5.74) is 2.45. The molecule has 0 heterocycles. The molecule has 0 aliphatic heterocycles. The lowest BCUT2D eigenvalue weighted by atomic mass is 9.57. The number of aliphatic hydroxyl groups is 3. The van der Waals surface area contributed by atoms with Crippen molar-refractivity contribution in [2.75, 3.05) is 14.1 Å². The molecule has 4 atom stereocenters. The van der Waals surface area contributed by atoms with Gasteiger partial charge in [0, 0.05) is 11.5 Å². The molecule has 202 valence electrons. The number of fused-ring (bicyclic) bond motifs is 3. The van der Waals surface area contributed by atoms with Crippen molar-refractivity contribution in [3.63, 3.8) is 0 Å². The first-order valence-corrected chi connectivity index (χ1v) is 12.1. The molecule has 0 radical (unpaired) electrons. The molecule has 11 heteroatoms. The van der Waals surface area contributed by atoms with Gasteiger partial charge in [-0.15, -0.1) is 0 Å². The molecule has 5 rings (SSSR count). The second kappa shape index (κ2) is 8.85. The average molecular weight is 537 g/mol. The van der Waals surface area contributed by atoms with E-state index in [2.05, 4.69) is 0 Å². The van der Waals surface area contributed by atoms with Crippen LogP contribution >= 0.6 is 0 Å². The second-order valence-corrected chi connectivity index (χ2v) is 10.3. The number of benzene rings is 2. The van der Waals surface area contributed by atoms with E-state index in [-0.39, 0.29) is 35.3 Å². The number of carbonyl (C=O) groups is 4. The minimum Gasteiger partial charge on any atom is -0.508 e. The van der Waals surface area contributed by atoms with Crippen LogP contribution in [0, 0.1) is 17.7 Å². The Kier molecular flexibility index (Phi) is 5.96. The highest BCUT2D eigenvalue weighted by atomic mass is 19.1. The number of amides is 1. The molecule has 2 aromatic rings. The van der Waals surface area contributed by atoms with Gasteiger partial charge in [-0.05, 0) is 67.7 Å². The number of phenolic OH excluding ortho intramolecular Hbond substituents is 1. The van der Waals surface area contributed by atoms with Crippen molar-refractivity contribution in [3.05, 3.63) is 69.7 Å². The molecule has 0 saturated heterocycles. The van der Waals surface area contributed by atoms with Gasteiger partial charge in [0.1, 0.15) is 28.7 Å². The Balaban J connectivity index is 1.74. The third-order valence-electron chi connectivity index (χ3n) is 8.04. The maximum Gasteiger partial charge on any atom is 0.255 e. The monoisotopic (exact) mass is 536 g/mol. The normalized spacial score (nSPS) is 26.3. The predicted molar refractivity (Wildman–Crippen MR) is 135 cm³/mol. The maximum absolute atomic E-state index is 14.0. The SMILES string of the molecule is CN(C)[C@@H]1C(=O)C(C(N)=O)=C(O)[C@@]2(O)C(=O)C3=C(O)c4c(O)ccc(-c5ccc(F)c(C=O)c5)c4C[C@H]3C[C@@H]12. The van der Waals surface area contributed by atoms with Gasteiger partial charge in [0.05, 0.1) is 17.2 Å². The zero-order chi connectivity index (χ0) is 28.5. The Morgan fingerprint density at radius 2 is 1.85 bits per heavy atom. The minimum atomic E-state index is -2.73. The van der Waals surface area contributed by atoms with Crippen molar-refractivity contribution < 1.29 is 44.0 Å². The number of primary amides is 1. The highest BCUT2D eigenvalue weighted by molar-refractivity contribution is 6.24. The van der Waals surface area contributed by atoms with Crippen molar-refractivity contribution in [1.29, 1.82) is 0 Å². The van der Waals surface area contributed by atoms with Crippen LogP contribution in [0.1, 0.15) is 27.9 Å². The number of hydrogen-bond donors (Lipinski definition) is 5. The number of aliphatic hydroxyl groups excluding tert-OH is 2. The van der Waals surface area contributed by atoms with Gasteiger partial charge in [-0.3, -0.25) is 24.1 Å². The third kappa shape index (κ3) is 3.53. The topological polar surface area (TPSA) is 178 Å². The molecule has 39 heavy (non-hydrogen) atoms. The first-order chi connectivity index (χ1) is 18.3. The number of hydrogen-bond acceptors (Lipinski definition) is 9. The zero-order valence-electron chi connectivity index (χ0n) is 20.9. The number of ketones is 2. The summed E-state index contributed by atoms with van der Waals surface area (Å²) < 4.78 is 14.0. The van der Waals surface area contributed by atoms with E-state index in [0.29, 0.717) is 23.0 Å². The number of aromatic hydroxyl groups is 1. The lowest BCUT2D eigenvalue weighted by Crippen LogP contribution is -2.65. The Hall–Kier alpha value is -4.35. The fraction of sp³-hybridized carbons (Fsp3) is 0.286. The molecular formula is C28H25FN2O8. The summed E-state index contributed by atoms with van der Waals surface area (Å²) in [5, 5.41) is 44.5. The van der Waals surface area contributed by atoms with Gasteiger partial charge in [0.15, 0.2) is 17.7 Å². The van der Waals surface area contributed by atoms with E-state index in [1.807, 2.05) is 0 Å². The molecule has 0 bridgehead atoms. The molecule has 0 spiro atoms. The van der Waals surface area contributed by atoms with Crippen LogP contribution in [-0.2, 0) is 20.8 Å². The summed E-state index contributed by atoms with van der Waals surface area (Å²) in [5.74, 6) is -8.13. The standard InChI is InChI=1S/C28H25FN2O8/c1-31(2)22-16-9-12-8-15-14(11-3-5-17(29)13(7-11)10-32)4-6-18(33)20(15)23(34)19(12)25(36)28(16,39)26(37)21(24(22)35)27(30)38/h3-7,10,12,16,22,33-34,37,39H,8-9H2,1-2H3,(H2,30,38)/t12-,16-,22-,28-/m0/s1. The van der Waals surface area contributed by atoms with Crippen LogP contribution in [0.25, 0.3) is 16.9 Å². The molecule has 3 aliphatic carbocycles. The number of halogens is 1. The van der Waals surface area contributed by atoms with Gasteiger partial charge in [0.2, 0.25) is 5.78 Å². The number of nitrogens with zero attached hydrogens (tertiary/aromatic N) is 1. The molecule has 0 unspecified atom stereocenters. The number of phenols is 1. The summed E-state index contributed by atoms with van der Waals surface area (Å²) in [7, 11) is 3.03. The maximum atomic E-state index is 14.0. The first kappa shape index (κ1) is 26.3. The van der Waals surface area contributed by atoms with E-state index in [4.69, 9.17) is 5.73 Å². The number of Topliss-reactive ketones (excluding diaryl/α,β-unsaturated/α-hetero) is 2. The Labute approximate surface area is 221 Å². The minimum absolute atomic E-state index is 0.0616. The van der Waals surface area contributed by atoms with E-state index in [1.165, 1.54) is 43.3 Å². The largest absolute Gasteiger partial charge is 0.508 e. The second-order valence-electron chi connectivity index (χ2n) is 10.3. The van der Waals surface area contributed by atoms with Crippen molar-refractivity contribution in [2.24, 2.45) is 17.6 Å². The highest BCUT2D eigenvalue weighted by Gasteiger charge is 2.64. The lowest BCUT2D eigenvalue weighted by molar-refractivity contribution is -0.153. The van der Waals surface area contributed by atoms with Gasteiger partial charge in [0.25, 0.3) is 5.91 Å². The molecule has 1 fully saturated rings. The molecule has 2 aromatic carbocycles. The Bertz CT molecular complexity index is 1560. The average Bonchev–Trinajstić information content (AvgIpc) is 2.86. The van der Waals surface area contributed by atoms with Crippen molar-refractivity contribution >= 4 is 29.5 Å². The zero-order valence-corrected chi connectivity index (χ0v) is 20.9. The van der Waals surface area contributed by atoms with Gasteiger partial charge < -0.3 is 26.2 Å². The summed E-state index contributed by atoms with van der Waals surface area (Å²) in [4.78, 5) is 51.9. The molecule has 1 amide bonds. The van der Waals surface area contributed by atoms with Crippen LogP contribution in [0.5, 0.6) is 5.75 Å². The van der Waals surface area contributed by atoms with E-state index in [9.17, 15) is 44.0 Å². The highest BCUT2D eigenvalue weighted by Crippen LogP contribution is 2.53. The summed E-state index contributed by atoms with van der Waals surface area (Å²) >= 11 is 0. The van der Waals surface area contributed by atoms with Gasteiger partial charge in [-0.25, -0.2) is 4.39 Å². The number of aldehydes is 1. The molecule has 1 saturated carbocycles. The molecular weight excluding hydrogens is 511 g/mol. The summed E-state index contributed by atoms with van der Waals surface area (Å²) in [6.45, 7) is 0. The molecule has 0 aromatic heterocycles. The van der Waals surface area contributed by atoms with Crippen LogP contribution in [0.15, 0.2) is 47.2 Å². The molecule has 3 aliphatic rings. The number of carbonyl (C=O) groups excluding carboxylic acids is 4. The lowest BCUT2D eigenvalue weighted by Gasteiger charge is -2.50. The van der Waals surface area contributed by atoms with Crippen LogP contribution in [-0.4, -0.2) is 74.8 Å². The van der Waals surface area contributed by atoms with Gasteiger partial charge in [-0.1, -0.05) is 12.1 Å². The number of rotatable bonds is 4. The van der Waals surface area contributed by atoms with Crippen molar-refractivity contribution in [1.82, 2.24) is 4.90 Å². The van der Waals surface area contributed by atoms with Crippen LogP contribution in [0.3, 0.4) is 0 Å². The fourth-order valence-electron chi connectivity index (χ4n) is 6.32. The van der Waals surface area contributed by atoms with Crippen LogP contribution in [0.2, 0.25) is 0 Å². The van der Waals surface area contributed by atoms with E-state index < -0.39 is 63.9 Å². The van der Waals surface area contributed by atoms with Gasteiger partial charge >= 0.3 is 0 Å². The predicted octanol–water partition coefficient (Wildman–Crippen LogP) is 1.58. The molecule has 10 nitrogen and oxygen atoms in total. The summed E-state index contributed by atoms with van der Waals surface area (Å²) in [6.07, 6.45) is 0.361. The van der Waals surface area contributed by atoms with Gasteiger partial charge in [-0.2, -0.15) is 0 Å². The smallest absolute Gasteiger partial charge is 0.255 e. The Morgan fingerprint density at radius 3 is 2.46 bits per heavy atom. The van der Waals surface area contributed by atoms with Crippen molar-refractivity contribution in [3.8, 4) is 16.9 Å². The Morgan fingerprint density at radius 1 is 1.15 bits per heavy atom. The van der Waals surface area contributed by atoms with Crippen LogP contribution < -0.4 is 5.73 Å². The van der Waals surface area contributed by atoms with E-state index >= 15 is 0 Å². The first-order valence-electron chi connectivity index (χ1n) is 12.1. The van der Waals surface area contributed by atoms with E-state index in [1.54, 1.807) is 0 Å². The molecule has 6 N–H and O–H groups in total. The quantitative estimate of drug-likeness (QED) is 0.287. The fourth-order valence-corrected chi connectivity index (χ4v) is 6.32. The van der Waals surface area contributed by atoms with Crippen molar-refractivity contribution in [2.45, 2.75) is 24.5 Å². The number of nitrogens with two attached hydrogens (primary N) is 1. The number of likely N-dealkylation sites (N-methyl/N-ethyl adjacent to an activating group) is 1. The van der Waals surface area contributed by atoms with E-state index in [0.717, 1.165) is 6.07 Å².